The lowest BCUT2D eigenvalue weighted by Gasteiger charge is -2.11. The zero-order chi connectivity index (χ0) is 7.82. The molecule has 2 heteroatoms. The number of hydrogen-bond donors (Lipinski definition) is 2. The Hall–Kier alpha value is -0.0800. The Morgan fingerprint density at radius 1 is 1.50 bits per heavy atom. The molecule has 0 aliphatic rings. The first-order valence-corrected chi connectivity index (χ1v) is 4.24. The topological polar surface area (TPSA) is 38.0 Å². The summed E-state index contributed by atoms with van der Waals surface area (Å²) in [5, 5.41) is 3.34. The highest BCUT2D eigenvalue weighted by Gasteiger charge is 1.97. The fourth-order valence-corrected chi connectivity index (χ4v) is 0.942. The van der Waals surface area contributed by atoms with E-state index in [4.69, 9.17) is 5.73 Å². The maximum absolute atomic E-state index is 5.34. The largest absolute Gasteiger partial charge is 0.329 e. The summed E-state index contributed by atoms with van der Waals surface area (Å²) in [6.45, 7) is 6.13. The van der Waals surface area contributed by atoms with E-state index in [2.05, 4.69) is 19.2 Å². The number of unbranched alkanes of at least 4 members (excludes halogenated alkanes) is 1. The summed E-state index contributed by atoms with van der Waals surface area (Å²) in [6.07, 6.45) is 3.88. The minimum atomic E-state index is 0.642. The van der Waals surface area contributed by atoms with Crippen LogP contribution in [0, 0.1) is 0 Å². The lowest BCUT2D eigenvalue weighted by Crippen LogP contribution is -2.30. The van der Waals surface area contributed by atoms with Crippen molar-refractivity contribution in [2.75, 3.05) is 13.1 Å². The lowest BCUT2D eigenvalue weighted by molar-refractivity contribution is 0.501. The molecule has 0 radical (unpaired) electrons. The van der Waals surface area contributed by atoms with Gasteiger partial charge in [-0.2, -0.15) is 0 Å². The van der Waals surface area contributed by atoms with Gasteiger partial charge in [0.05, 0.1) is 0 Å². The summed E-state index contributed by atoms with van der Waals surface area (Å²) in [5.74, 6) is 0. The van der Waals surface area contributed by atoms with E-state index in [1.807, 2.05) is 0 Å². The van der Waals surface area contributed by atoms with Crippen LogP contribution in [-0.2, 0) is 0 Å². The standard InChI is InChI=1S/C8H20N2/c1-3-4-5-8(2)10-7-6-9/h8,10H,3-7,9H2,1-2H3. The van der Waals surface area contributed by atoms with Crippen LogP contribution in [0.4, 0.5) is 0 Å². The highest BCUT2D eigenvalue weighted by molar-refractivity contribution is 4.59. The third kappa shape index (κ3) is 6.05. The Kier molecular flexibility index (Phi) is 6.98. The van der Waals surface area contributed by atoms with Gasteiger partial charge in [0.25, 0.3) is 0 Å². The van der Waals surface area contributed by atoms with Gasteiger partial charge in [-0.1, -0.05) is 19.8 Å². The van der Waals surface area contributed by atoms with E-state index in [0.29, 0.717) is 6.04 Å². The molecule has 0 aromatic carbocycles. The SMILES string of the molecule is CCCCC(C)NCCN. The summed E-state index contributed by atoms with van der Waals surface area (Å²) in [5.41, 5.74) is 5.34. The Balaban J connectivity index is 3.00. The van der Waals surface area contributed by atoms with Crippen molar-refractivity contribution < 1.29 is 0 Å². The third-order valence-electron chi connectivity index (χ3n) is 1.63. The van der Waals surface area contributed by atoms with Crippen molar-refractivity contribution in [1.29, 1.82) is 0 Å². The molecule has 0 saturated heterocycles. The number of nitrogens with two attached hydrogens (primary N) is 1. The summed E-state index contributed by atoms with van der Waals surface area (Å²) in [7, 11) is 0. The lowest BCUT2D eigenvalue weighted by atomic mass is 10.1. The van der Waals surface area contributed by atoms with Gasteiger partial charge in [0, 0.05) is 19.1 Å². The van der Waals surface area contributed by atoms with E-state index in [-0.39, 0.29) is 0 Å². The van der Waals surface area contributed by atoms with Gasteiger partial charge in [-0.05, 0) is 13.3 Å². The molecule has 0 amide bonds. The number of rotatable bonds is 6. The first-order valence-electron chi connectivity index (χ1n) is 4.24. The molecular weight excluding hydrogens is 124 g/mol. The van der Waals surface area contributed by atoms with E-state index in [9.17, 15) is 0 Å². The van der Waals surface area contributed by atoms with Crippen LogP contribution in [0.25, 0.3) is 0 Å². The molecule has 0 aromatic rings. The van der Waals surface area contributed by atoms with Gasteiger partial charge < -0.3 is 11.1 Å². The minimum Gasteiger partial charge on any atom is -0.329 e. The maximum atomic E-state index is 5.34. The normalized spacial score (nSPS) is 13.5. The van der Waals surface area contributed by atoms with E-state index in [1.165, 1.54) is 19.3 Å². The van der Waals surface area contributed by atoms with E-state index < -0.39 is 0 Å². The molecule has 0 aliphatic carbocycles. The second-order valence-corrected chi connectivity index (χ2v) is 2.79. The predicted octanol–water partition coefficient (Wildman–Crippen LogP) is 1.11. The average Bonchev–Trinajstić information content (AvgIpc) is 1.97. The highest BCUT2D eigenvalue weighted by Crippen LogP contribution is 1.98. The van der Waals surface area contributed by atoms with Crippen molar-refractivity contribution in [1.82, 2.24) is 5.32 Å². The summed E-state index contributed by atoms with van der Waals surface area (Å²) < 4.78 is 0. The number of hydrogen-bond acceptors (Lipinski definition) is 2. The van der Waals surface area contributed by atoms with Crippen LogP contribution in [0.15, 0.2) is 0 Å². The molecule has 62 valence electrons. The van der Waals surface area contributed by atoms with Gasteiger partial charge in [-0.15, -0.1) is 0 Å². The van der Waals surface area contributed by atoms with E-state index in [0.717, 1.165) is 13.1 Å². The van der Waals surface area contributed by atoms with Crippen molar-refractivity contribution in [3.8, 4) is 0 Å². The molecule has 0 saturated carbocycles. The molecule has 2 nitrogen and oxygen atoms in total. The van der Waals surface area contributed by atoms with Gasteiger partial charge in [0.2, 0.25) is 0 Å². The molecule has 0 fully saturated rings. The molecule has 0 aliphatic heterocycles. The Morgan fingerprint density at radius 2 is 2.20 bits per heavy atom. The second kappa shape index (κ2) is 7.03. The van der Waals surface area contributed by atoms with Crippen molar-refractivity contribution >= 4 is 0 Å². The van der Waals surface area contributed by atoms with Crippen LogP contribution in [0.1, 0.15) is 33.1 Å². The van der Waals surface area contributed by atoms with Gasteiger partial charge in [-0.3, -0.25) is 0 Å². The first kappa shape index (κ1) is 9.92. The average molecular weight is 144 g/mol. The Labute approximate surface area is 64.2 Å². The number of nitrogens with one attached hydrogen (secondary N) is 1. The van der Waals surface area contributed by atoms with Gasteiger partial charge in [0.1, 0.15) is 0 Å². The van der Waals surface area contributed by atoms with E-state index >= 15 is 0 Å². The summed E-state index contributed by atoms with van der Waals surface area (Å²) in [6, 6.07) is 0.642. The van der Waals surface area contributed by atoms with E-state index in [1.54, 1.807) is 0 Å². The van der Waals surface area contributed by atoms with Crippen LogP contribution < -0.4 is 11.1 Å². The smallest absolute Gasteiger partial charge is 0.00769 e. The van der Waals surface area contributed by atoms with Crippen LogP contribution in [0.3, 0.4) is 0 Å². The minimum absolute atomic E-state index is 0.642. The fourth-order valence-electron chi connectivity index (χ4n) is 0.942. The molecule has 0 spiro atoms. The Morgan fingerprint density at radius 3 is 2.70 bits per heavy atom. The molecule has 0 bridgehead atoms. The van der Waals surface area contributed by atoms with Crippen molar-refractivity contribution in [3.63, 3.8) is 0 Å². The zero-order valence-corrected chi connectivity index (χ0v) is 7.19. The quantitative estimate of drug-likeness (QED) is 0.586. The van der Waals surface area contributed by atoms with Crippen LogP contribution >= 0.6 is 0 Å². The molecule has 3 N–H and O–H groups in total. The van der Waals surface area contributed by atoms with Crippen LogP contribution in [0.5, 0.6) is 0 Å². The van der Waals surface area contributed by atoms with Crippen LogP contribution in [-0.4, -0.2) is 19.1 Å². The maximum Gasteiger partial charge on any atom is 0.00769 e. The molecule has 1 atom stereocenters. The highest BCUT2D eigenvalue weighted by atomic mass is 14.9. The van der Waals surface area contributed by atoms with Crippen molar-refractivity contribution in [3.05, 3.63) is 0 Å². The van der Waals surface area contributed by atoms with Crippen molar-refractivity contribution in [2.45, 2.75) is 39.2 Å². The first-order chi connectivity index (χ1) is 4.81. The second-order valence-electron chi connectivity index (χ2n) is 2.79. The van der Waals surface area contributed by atoms with Crippen LogP contribution in [0.2, 0.25) is 0 Å². The van der Waals surface area contributed by atoms with Crippen molar-refractivity contribution in [2.24, 2.45) is 5.73 Å². The summed E-state index contributed by atoms with van der Waals surface area (Å²) in [4.78, 5) is 0. The molecular formula is C8H20N2. The zero-order valence-electron chi connectivity index (χ0n) is 7.19. The summed E-state index contributed by atoms with van der Waals surface area (Å²) >= 11 is 0. The third-order valence-corrected chi connectivity index (χ3v) is 1.63. The molecule has 0 heterocycles. The monoisotopic (exact) mass is 144 g/mol. The predicted molar refractivity (Wildman–Crippen MR) is 46.0 cm³/mol. The Bertz CT molecular complexity index is 56.3. The molecule has 1 unspecified atom stereocenters. The molecule has 0 aromatic heterocycles. The fraction of sp³-hybridized carbons (Fsp3) is 1.00. The van der Waals surface area contributed by atoms with Gasteiger partial charge in [0.15, 0.2) is 0 Å². The molecule has 10 heavy (non-hydrogen) atoms. The van der Waals surface area contributed by atoms with Gasteiger partial charge in [-0.25, -0.2) is 0 Å². The van der Waals surface area contributed by atoms with Gasteiger partial charge >= 0.3 is 0 Å². The molecule has 0 rings (SSSR count).